The number of piperazine rings is 1. The van der Waals surface area contributed by atoms with Gasteiger partial charge < -0.3 is 19.1 Å². The number of ether oxygens (including phenoxy) is 3. The molecule has 4 rings (SSSR count). The maximum atomic E-state index is 12.7. The van der Waals surface area contributed by atoms with E-state index in [1.54, 1.807) is 41.6 Å². The molecular formula is C22H26N2O6S. The SMILES string of the molecule is CC(=O)c1ccc(N2CCN(S(=O)(=O)CCCOc3ccc4c(c3)OCO4)CC2)cc1. The molecule has 2 aliphatic heterocycles. The summed E-state index contributed by atoms with van der Waals surface area (Å²) in [7, 11) is -3.33. The molecule has 0 N–H and O–H groups in total. The van der Waals surface area contributed by atoms with E-state index in [1.807, 2.05) is 12.1 Å². The minimum absolute atomic E-state index is 0.0324. The lowest BCUT2D eigenvalue weighted by Crippen LogP contribution is -2.49. The first-order valence-electron chi connectivity index (χ1n) is 10.3. The van der Waals surface area contributed by atoms with E-state index in [9.17, 15) is 13.2 Å². The first-order valence-corrected chi connectivity index (χ1v) is 11.9. The average molecular weight is 447 g/mol. The molecule has 2 aliphatic rings. The first kappa shape index (κ1) is 21.5. The Labute approximate surface area is 182 Å². The van der Waals surface area contributed by atoms with Crippen molar-refractivity contribution in [1.29, 1.82) is 0 Å². The zero-order chi connectivity index (χ0) is 21.8. The predicted molar refractivity (Wildman–Crippen MR) is 117 cm³/mol. The lowest BCUT2D eigenvalue weighted by molar-refractivity contribution is 0.101. The van der Waals surface area contributed by atoms with E-state index in [4.69, 9.17) is 14.2 Å². The molecule has 0 radical (unpaired) electrons. The van der Waals surface area contributed by atoms with Crippen LogP contribution in [-0.4, -0.2) is 63.8 Å². The van der Waals surface area contributed by atoms with Crippen LogP contribution in [0.2, 0.25) is 0 Å². The van der Waals surface area contributed by atoms with Gasteiger partial charge in [-0.05, 0) is 49.7 Å². The van der Waals surface area contributed by atoms with E-state index in [0.717, 1.165) is 5.69 Å². The summed E-state index contributed by atoms with van der Waals surface area (Å²) in [6.07, 6.45) is 0.406. The highest BCUT2D eigenvalue weighted by Gasteiger charge is 2.26. The van der Waals surface area contributed by atoms with Gasteiger partial charge in [-0.1, -0.05) is 0 Å². The second-order valence-corrected chi connectivity index (χ2v) is 9.61. The molecule has 0 aromatic heterocycles. The summed E-state index contributed by atoms with van der Waals surface area (Å²) in [6.45, 7) is 4.17. The van der Waals surface area contributed by atoms with Crippen molar-refractivity contribution in [2.75, 3.05) is 50.2 Å². The number of anilines is 1. The lowest BCUT2D eigenvalue weighted by Gasteiger charge is -2.35. The summed E-state index contributed by atoms with van der Waals surface area (Å²) < 4.78 is 43.2. The van der Waals surface area contributed by atoms with Crippen LogP contribution in [0.1, 0.15) is 23.7 Å². The van der Waals surface area contributed by atoms with Crippen molar-refractivity contribution in [3.05, 3.63) is 48.0 Å². The van der Waals surface area contributed by atoms with Crippen molar-refractivity contribution in [2.24, 2.45) is 0 Å². The third kappa shape index (κ3) is 5.11. The molecule has 2 heterocycles. The Bertz CT molecular complexity index is 1030. The molecular weight excluding hydrogens is 420 g/mol. The van der Waals surface area contributed by atoms with Crippen molar-refractivity contribution in [1.82, 2.24) is 4.31 Å². The number of Topliss-reactive ketones (excluding diaryl/α,β-unsaturated/α-hetero) is 1. The maximum absolute atomic E-state index is 12.7. The second kappa shape index (κ2) is 9.15. The largest absolute Gasteiger partial charge is 0.493 e. The molecule has 166 valence electrons. The molecule has 8 nitrogen and oxygen atoms in total. The molecule has 0 bridgehead atoms. The van der Waals surface area contributed by atoms with Gasteiger partial charge in [-0.2, -0.15) is 4.31 Å². The minimum atomic E-state index is -3.33. The molecule has 2 aromatic rings. The van der Waals surface area contributed by atoms with Gasteiger partial charge in [-0.15, -0.1) is 0 Å². The van der Waals surface area contributed by atoms with Gasteiger partial charge in [0.15, 0.2) is 17.3 Å². The monoisotopic (exact) mass is 446 g/mol. The molecule has 9 heteroatoms. The summed E-state index contributed by atoms with van der Waals surface area (Å²) in [5.74, 6) is 2.03. The fourth-order valence-corrected chi connectivity index (χ4v) is 5.12. The summed E-state index contributed by atoms with van der Waals surface area (Å²) in [4.78, 5) is 13.6. The van der Waals surface area contributed by atoms with Crippen molar-refractivity contribution in [2.45, 2.75) is 13.3 Å². The van der Waals surface area contributed by atoms with Crippen molar-refractivity contribution >= 4 is 21.5 Å². The van der Waals surface area contributed by atoms with Gasteiger partial charge >= 0.3 is 0 Å². The van der Waals surface area contributed by atoms with E-state index in [2.05, 4.69) is 4.90 Å². The second-order valence-electron chi connectivity index (χ2n) is 7.52. The Kier molecular flexibility index (Phi) is 6.33. The highest BCUT2D eigenvalue weighted by molar-refractivity contribution is 7.89. The van der Waals surface area contributed by atoms with Gasteiger partial charge in [-0.3, -0.25) is 4.79 Å². The van der Waals surface area contributed by atoms with E-state index >= 15 is 0 Å². The summed E-state index contributed by atoms with van der Waals surface area (Å²) in [5.41, 5.74) is 1.67. The van der Waals surface area contributed by atoms with Crippen molar-refractivity contribution < 1.29 is 27.4 Å². The average Bonchev–Trinajstić information content (AvgIpc) is 3.25. The number of ketones is 1. The smallest absolute Gasteiger partial charge is 0.231 e. The lowest BCUT2D eigenvalue weighted by atomic mass is 10.1. The summed E-state index contributed by atoms with van der Waals surface area (Å²) in [6, 6.07) is 12.7. The first-order chi connectivity index (χ1) is 14.9. The van der Waals surface area contributed by atoms with Crippen LogP contribution < -0.4 is 19.1 Å². The topological polar surface area (TPSA) is 85.4 Å². The fraction of sp³-hybridized carbons (Fsp3) is 0.409. The Morgan fingerprint density at radius 2 is 1.71 bits per heavy atom. The third-order valence-electron chi connectivity index (χ3n) is 5.43. The normalized spacial score (nSPS) is 16.4. The van der Waals surface area contributed by atoms with E-state index < -0.39 is 10.0 Å². The number of sulfonamides is 1. The number of carbonyl (C=O) groups is 1. The molecule has 0 unspecified atom stereocenters. The summed E-state index contributed by atoms with van der Waals surface area (Å²) in [5, 5.41) is 0. The fourth-order valence-electron chi connectivity index (χ4n) is 3.66. The molecule has 31 heavy (non-hydrogen) atoms. The predicted octanol–water partition coefficient (Wildman–Crippen LogP) is 2.54. The number of hydrogen-bond donors (Lipinski definition) is 0. The van der Waals surface area contributed by atoms with Crippen LogP contribution in [0.15, 0.2) is 42.5 Å². The van der Waals surface area contributed by atoms with Crippen molar-refractivity contribution in [3.8, 4) is 17.2 Å². The van der Waals surface area contributed by atoms with Gasteiger partial charge in [0.2, 0.25) is 16.8 Å². The number of rotatable bonds is 8. The van der Waals surface area contributed by atoms with Crippen LogP contribution in [0.4, 0.5) is 5.69 Å². The Morgan fingerprint density at radius 1 is 1.00 bits per heavy atom. The van der Waals surface area contributed by atoms with Crippen LogP contribution in [0.25, 0.3) is 0 Å². The van der Waals surface area contributed by atoms with E-state index in [0.29, 0.717) is 62.0 Å². The molecule has 0 saturated carbocycles. The number of fused-ring (bicyclic) bond motifs is 1. The maximum Gasteiger partial charge on any atom is 0.231 e. The van der Waals surface area contributed by atoms with Crippen LogP contribution in [0.5, 0.6) is 17.2 Å². The molecule has 0 amide bonds. The van der Waals surface area contributed by atoms with Crippen molar-refractivity contribution in [3.63, 3.8) is 0 Å². The molecule has 0 atom stereocenters. The standard InChI is InChI=1S/C22H26N2O6S/c1-17(25)18-3-5-19(6-4-18)23-9-11-24(12-10-23)31(26,27)14-2-13-28-20-7-8-21-22(15-20)30-16-29-21/h3-8,15H,2,9-14,16H2,1H3. The number of hydrogen-bond acceptors (Lipinski definition) is 7. The van der Waals surface area contributed by atoms with Gasteiger partial charge in [-0.25, -0.2) is 8.42 Å². The van der Waals surface area contributed by atoms with E-state index in [1.165, 1.54) is 0 Å². The Hall–Kier alpha value is -2.78. The van der Waals surface area contributed by atoms with Crippen LogP contribution in [-0.2, 0) is 10.0 Å². The van der Waals surface area contributed by atoms with Crippen LogP contribution >= 0.6 is 0 Å². The van der Waals surface area contributed by atoms with Gasteiger partial charge in [0, 0.05) is 43.5 Å². The summed E-state index contributed by atoms with van der Waals surface area (Å²) >= 11 is 0. The molecule has 1 saturated heterocycles. The zero-order valence-electron chi connectivity index (χ0n) is 17.5. The van der Waals surface area contributed by atoms with E-state index in [-0.39, 0.29) is 18.3 Å². The number of nitrogens with zero attached hydrogens (tertiary/aromatic N) is 2. The molecule has 1 fully saturated rings. The van der Waals surface area contributed by atoms with Crippen LogP contribution in [0.3, 0.4) is 0 Å². The van der Waals surface area contributed by atoms with Gasteiger partial charge in [0.05, 0.1) is 12.4 Å². The molecule has 2 aromatic carbocycles. The highest BCUT2D eigenvalue weighted by Crippen LogP contribution is 2.35. The molecule has 0 spiro atoms. The molecule has 0 aliphatic carbocycles. The quantitative estimate of drug-likeness (QED) is 0.455. The number of carbonyl (C=O) groups excluding carboxylic acids is 1. The zero-order valence-corrected chi connectivity index (χ0v) is 18.3. The Balaban J connectivity index is 1.23. The number of benzene rings is 2. The van der Waals surface area contributed by atoms with Crippen LogP contribution in [0, 0.1) is 0 Å². The Morgan fingerprint density at radius 3 is 2.42 bits per heavy atom. The minimum Gasteiger partial charge on any atom is -0.493 e. The third-order valence-corrected chi connectivity index (χ3v) is 7.39. The van der Waals surface area contributed by atoms with Gasteiger partial charge in [0.25, 0.3) is 0 Å². The highest BCUT2D eigenvalue weighted by atomic mass is 32.2. The van der Waals surface area contributed by atoms with Gasteiger partial charge in [0.1, 0.15) is 5.75 Å².